The van der Waals surface area contributed by atoms with E-state index in [4.69, 9.17) is 4.74 Å². The highest BCUT2D eigenvalue weighted by Gasteiger charge is 2.29. The van der Waals surface area contributed by atoms with Crippen molar-refractivity contribution < 1.29 is 27.4 Å². The Bertz CT molecular complexity index is 480. The summed E-state index contributed by atoms with van der Waals surface area (Å²) in [5, 5.41) is 2.18. The molecule has 0 bridgehead atoms. The number of nitrogens with one attached hydrogen (secondary N) is 1. The molecule has 0 aromatic heterocycles. The van der Waals surface area contributed by atoms with Crippen molar-refractivity contribution in [3.63, 3.8) is 0 Å². The number of amides is 1. The highest BCUT2D eigenvalue weighted by atomic mass is 79.9. The van der Waals surface area contributed by atoms with Gasteiger partial charge in [-0.15, -0.1) is 0 Å². The molecule has 0 aliphatic rings. The zero-order valence-corrected chi connectivity index (χ0v) is 12.6. The van der Waals surface area contributed by atoms with Crippen LogP contribution in [0.4, 0.5) is 23.7 Å². The van der Waals surface area contributed by atoms with E-state index in [1.807, 2.05) is 0 Å². The number of anilines is 1. The molecule has 1 rings (SSSR count). The van der Waals surface area contributed by atoms with E-state index in [1.54, 1.807) is 6.07 Å². The first-order valence-corrected chi connectivity index (χ1v) is 6.35. The Hall–Kier alpha value is -0.960. The van der Waals surface area contributed by atoms with E-state index in [0.29, 0.717) is 14.7 Å². The largest absolute Gasteiger partial charge is 0.495 e. The van der Waals surface area contributed by atoms with Crippen LogP contribution < -0.4 is 10.1 Å². The lowest BCUT2D eigenvalue weighted by Crippen LogP contribution is -2.23. The molecule has 0 heterocycles. The second-order valence-corrected chi connectivity index (χ2v) is 4.99. The van der Waals surface area contributed by atoms with Crippen LogP contribution in [0.2, 0.25) is 0 Å². The predicted octanol–water partition coefficient (Wildman–Crippen LogP) is 4.33. The smallest absolute Gasteiger partial charge is 0.422 e. The van der Waals surface area contributed by atoms with Crippen LogP contribution in [0.15, 0.2) is 21.1 Å². The molecule has 9 heteroatoms. The monoisotopic (exact) mass is 405 g/mol. The molecule has 1 aromatic carbocycles. The molecule has 0 aliphatic heterocycles. The summed E-state index contributed by atoms with van der Waals surface area (Å²) in [5.41, 5.74) is 0.229. The molecule has 0 atom stereocenters. The van der Waals surface area contributed by atoms with E-state index in [0.717, 1.165) is 0 Å². The molecular weight excluding hydrogens is 399 g/mol. The van der Waals surface area contributed by atoms with Crippen molar-refractivity contribution in [1.82, 2.24) is 0 Å². The number of methoxy groups -OCH3 is 1. The summed E-state index contributed by atoms with van der Waals surface area (Å²) in [5.74, 6) is 0.411. The Morgan fingerprint density at radius 1 is 1.32 bits per heavy atom. The number of ether oxygens (including phenoxy) is 2. The van der Waals surface area contributed by atoms with Gasteiger partial charge < -0.3 is 9.47 Å². The molecule has 0 aliphatic carbocycles. The van der Waals surface area contributed by atoms with Gasteiger partial charge in [0, 0.05) is 10.5 Å². The third-order valence-corrected chi connectivity index (χ3v) is 3.12. The Balaban J connectivity index is 2.74. The number of hydrogen-bond donors (Lipinski definition) is 1. The van der Waals surface area contributed by atoms with Crippen molar-refractivity contribution in [1.29, 1.82) is 0 Å². The Labute approximate surface area is 123 Å². The van der Waals surface area contributed by atoms with Gasteiger partial charge in [-0.2, -0.15) is 13.2 Å². The molecule has 0 radical (unpaired) electrons. The van der Waals surface area contributed by atoms with Crippen molar-refractivity contribution in [3.05, 3.63) is 21.1 Å². The highest BCUT2D eigenvalue weighted by molar-refractivity contribution is 9.11. The van der Waals surface area contributed by atoms with Crippen molar-refractivity contribution in [2.24, 2.45) is 0 Å². The maximum Gasteiger partial charge on any atom is 0.422 e. The van der Waals surface area contributed by atoms with Gasteiger partial charge in [0.1, 0.15) is 5.75 Å². The summed E-state index contributed by atoms with van der Waals surface area (Å²) in [7, 11) is 1.42. The molecular formula is C10H8Br2F3NO3. The first kappa shape index (κ1) is 16.1. The van der Waals surface area contributed by atoms with Gasteiger partial charge in [0.15, 0.2) is 6.61 Å². The van der Waals surface area contributed by atoms with Crippen molar-refractivity contribution in [2.75, 3.05) is 19.0 Å². The quantitative estimate of drug-likeness (QED) is 0.812. The minimum absolute atomic E-state index is 0.229. The number of halogens is 5. The van der Waals surface area contributed by atoms with Crippen molar-refractivity contribution in [3.8, 4) is 5.75 Å². The summed E-state index contributed by atoms with van der Waals surface area (Å²) < 4.78 is 45.7. The lowest BCUT2D eigenvalue weighted by molar-refractivity contribution is -0.159. The van der Waals surface area contributed by atoms with E-state index in [2.05, 4.69) is 41.9 Å². The molecule has 0 spiro atoms. The lowest BCUT2D eigenvalue weighted by Gasteiger charge is -2.12. The van der Waals surface area contributed by atoms with Crippen LogP contribution in [0.5, 0.6) is 5.75 Å². The van der Waals surface area contributed by atoms with Crippen molar-refractivity contribution >= 4 is 43.6 Å². The summed E-state index contributed by atoms with van der Waals surface area (Å²) in [6.45, 7) is -1.65. The minimum atomic E-state index is -4.56. The van der Waals surface area contributed by atoms with E-state index in [-0.39, 0.29) is 5.69 Å². The first-order valence-electron chi connectivity index (χ1n) is 4.76. The van der Waals surface area contributed by atoms with Gasteiger partial charge in [0.05, 0.1) is 17.3 Å². The van der Waals surface area contributed by atoms with Crippen LogP contribution >= 0.6 is 31.9 Å². The third kappa shape index (κ3) is 5.27. The maximum atomic E-state index is 11.9. The van der Waals surface area contributed by atoms with E-state index in [1.165, 1.54) is 13.2 Å². The molecule has 0 fully saturated rings. The summed E-state index contributed by atoms with van der Waals surface area (Å²) in [6, 6.07) is 3.02. The molecule has 1 N–H and O–H groups in total. The number of carbonyl (C=O) groups is 1. The summed E-state index contributed by atoms with van der Waals surface area (Å²) in [4.78, 5) is 11.2. The number of hydrogen-bond acceptors (Lipinski definition) is 3. The molecule has 1 amide bonds. The lowest BCUT2D eigenvalue weighted by atomic mass is 10.3. The number of alkyl halides is 3. The average Bonchev–Trinajstić information content (AvgIpc) is 2.29. The van der Waals surface area contributed by atoms with Gasteiger partial charge in [-0.1, -0.05) is 0 Å². The molecule has 0 unspecified atom stereocenters. The van der Waals surface area contributed by atoms with Gasteiger partial charge >= 0.3 is 12.3 Å². The zero-order valence-electron chi connectivity index (χ0n) is 9.48. The summed E-state index contributed by atoms with van der Waals surface area (Å²) in [6.07, 6.45) is -5.77. The van der Waals surface area contributed by atoms with Gasteiger partial charge in [0.2, 0.25) is 0 Å². The second kappa shape index (κ2) is 6.47. The van der Waals surface area contributed by atoms with Gasteiger partial charge in [-0.25, -0.2) is 4.79 Å². The fourth-order valence-electron chi connectivity index (χ4n) is 1.07. The van der Waals surface area contributed by atoms with Crippen LogP contribution in [0, 0.1) is 0 Å². The second-order valence-electron chi connectivity index (χ2n) is 3.28. The van der Waals surface area contributed by atoms with Crippen LogP contribution in [0.25, 0.3) is 0 Å². The highest BCUT2D eigenvalue weighted by Crippen LogP contribution is 2.34. The van der Waals surface area contributed by atoms with E-state index in [9.17, 15) is 18.0 Å². The van der Waals surface area contributed by atoms with Crippen LogP contribution in [0.3, 0.4) is 0 Å². The molecule has 0 saturated heterocycles. The SMILES string of the molecule is COc1cc(NC(=O)OCC(F)(F)F)c(Br)cc1Br. The predicted molar refractivity (Wildman–Crippen MR) is 69.4 cm³/mol. The van der Waals surface area contributed by atoms with Crippen LogP contribution in [0.1, 0.15) is 0 Å². The van der Waals surface area contributed by atoms with Gasteiger partial charge in [-0.3, -0.25) is 5.32 Å². The fraction of sp³-hybridized carbons (Fsp3) is 0.300. The Morgan fingerprint density at radius 2 is 1.95 bits per heavy atom. The standard InChI is InChI=1S/C10H8Br2F3NO3/c1-18-8-3-7(5(11)2-6(8)12)16-9(17)19-4-10(13,14)15/h2-3H,4H2,1H3,(H,16,17). The van der Waals surface area contributed by atoms with Crippen molar-refractivity contribution in [2.45, 2.75) is 6.18 Å². The minimum Gasteiger partial charge on any atom is -0.495 e. The molecule has 1 aromatic rings. The zero-order chi connectivity index (χ0) is 14.6. The molecule has 19 heavy (non-hydrogen) atoms. The molecule has 106 valence electrons. The molecule has 4 nitrogen and oxygen atoms in total. The topological polar surface area (TPSA) is 47.6 Å². The Morgan fingerprint density at radius 3 is 2.47 bits per heavy atom. The normalized spacial score (nSPS) is 11.1. The van der Waals surface area contributed by atoms with Gasteiger partial charge in [-0.05, 0) is 37.9 Å². The fourth-order valence-corrected chi connectivity index (χ4v) is 2.33. The third-order valence-electron chi connectivity index (χ3n) is 1.85. The van der Waals surface area contributed by atoms with Gasteiger partial charge in [0.25, 0.3) is 0 Å². The molecule has 0 saturated carbocycles. The number of benzene rings is 1. The van der Waals surface area contributed by atoms with Crippen LogP contribution in [-0.2, 0) is 4.74 Å². The van der Waals surface area contributed by atoms with Crippen LogP contribution in [-0.4, -0.2) is 26.0 Å². The summed E-state index contributed by atoms with van der Waals surface area (Å²) >= 11 is 6.37. The average molecular weight is 407 g/mol. The number of rotatable bonds is 3. The van der Waals surface area contributed by atoms with E-state index < -0.39 is 18.9 Å². The maximum absolute atomic E-state index is 11.9. The van der Waals surface area contributed by atoms with E-state index >= 15 is 0 Å². The number of carbonyl (C=O) groups excluding carboxylic acids is 1. The Kier molecular flexibility index (Phi) is 5.48. The first-order chi connectivity index (χ1) is 8.73.